The van der Waals surface area contributed by atoms with Gasteiger partial charge in [0.15, 0.2) is 0 Å². The second-order valence-electron chi connectivity index (χ2n) is 3.24. The molecule has 0 fully saturated rings. The third-order valence-electron chi connectivity index (χ3n) is 2.07. The Morgan fingerprint density at radius 2 is 2.06 bits per heavy atom. The normalized spacial score (nSPS) is 11.9. The molecule has 0 bridgehead atoms. The smallest absolute Gasteiger partial charge is 0.315 e. The molecule has 0 aliphatic carbocycles. The third kappa shape index (κ3) is 4.08. The average molecular weight is 243 g/mol. The van der Waals surface area contributed by atoms with Gasteiger partial charge in [-0.2, -0.15) is 0 Å². The summed E-state index contributed by atoms with van der Waals surface area (Å²) in [6, 6.07) is 8.57. The molecule has 0 saturated carbocycles. The molecule has 0 heterocycles. The van der Waals surface area contributed by atoms with Gasteiger partial charge in [0, 0.05) is 12.4 Å². The molecule has 2 amide bonds. The van der Waals surface area contributed by atoms with Gasteiger partial charge in [-0.25, -0.2) is 4.79 Å². The van der Waals surface area contributed by atoms with Crippen molar-refractivity contribution in [1.29, 1.82) is 0 Å². The second kappa shape index (κ2) is 7.09. The second-order valence-corrected chi connectivity index (χ2v) is 3.61. The molecule has 1 aromatic rings. The summed E-state index contributed by atoms with van der Waals surface area (Å²) in [5, 5.41) is 14.4. The van der Waals surface area contributed by atoms with E-state index in [4.69, 9.17) is 11.6 Å². The van der Waals surface area contributed by atoms with Crippen molar-refractivity contribution < 1.29 is 9.90 Å². The summed E-state index contributed by atoms with van der Waals surface area (Å²) in [4.78, 5) is 11.4. The van der Waals surface area contributed by atoms with Crippen LogP contribution in [0.15, 0.2) is 30.3 Å². The SMILES string of the molecule is O=C(NCCCl)NC(CO)c1ccccc1. The number of hydrogen-bond acceptors (Lipinski definition) is 2. The van der Waals surface area contributed by atoms with E-state index in [1.807, 2.05) is 30.3 Å². The van der Waals surface area contributed by atoms with Crippen LogP contribution >= 0.6 is 11.6 Å². The minimum atomic E-state index is -0.392. The molecule has 0 aliphatic rings. The third-order valence-corrected chi connectivity index (χ3v) is 2.26. The maximum Gasteiger partial charge on any atom is 0.315 e. The molecule has 4 nitrogen and oxygen atoms in total. The van der Waals surface area contributed by atoms with Gasteiger partial charge in [-0.1, -0.05) is 30.3 Å². The van der Waals surface area contributed by atoms with Crippen LogP contribution in [0.2, 0.25) is 0 Å². The van der Waals surface area contributed by atoms with Crippen molar-refractivity contribution in [3.05, 3.63) is 35.9 Å². The predicted octanol–water partition coefficient (Wildman–Crippen LogP) is 1.26. The summed E-state index contributed by atoms with van der Waals surface area (Å²) in [6.07, 6.45) is 0. The van der Waals surface area contributed by atoms with E-state index < -0.39 is 6.04 Å². The number of nitrogens with one attached hydrogen (secondary N) is 2. The first-order valence-corrected chi connectivity index (χ1v) is 5.57. The zero-order chi connectivity index (χ0) is 11.8. The molecule has 0 aromatic heterocycles. The van der Waals surface area contributed by atoms with Crippen LogP contribution in [0.25, 0.3) is 0 Å². The van der Waals surface area contributed by atoms with E-state index in [-0.39, 0.29) is 12.6 Å². The fourth-order valence-corrected chi connectivity index (χ4v) is 1.38. The van der Waals surface area contributed by atoms with Gasteiger partial charge in [0.05, 0.1) is 12.6 Å². The van der Waals surface area contributed by atoms with Crippen LogP contribution in [0.4, 0.5) is 4.79 Å². The lowest BCUT2D eigenvalue weighted by molar-refractivity contribution is 0.217. The van der Waals surface area contributed by atoms with Gasteiger partial charge < -0.3 is 15.7 Å². The Bertz CT molecular complexity index is 319. The van der Waals surface area contributed by atoms with Crippen molar-refractivity contribution in [2.24, 2.45) is 0 Å². The first kappa shape index (κ1) is 12.8. The number of rotatable bonds is 5. The summed E-state index contributed by atoms with van der Waals surface area (Å²) in [6.45, 7) is 0.263. The number of alkyl halides is 1. The highest BCUT2D eigenvalue weighted by atomic mass is 35.5. The van der Waals surface area contributed by atoms with Gasteiger partial charge in [0.25, 0.3) is 0 Å². The highest BCUT2D eigenvalue weighted by Crippen LogP contribution is 2.10. The van der Waals surface area contributed by atoms with Crippen LogP contribution in [0.1, 0.15) is 11.6 Å². The number of hydrogen-bond donors (Lipinski definition) is 3. The molecule has 0 radical (unpaired) electrons. The first-order chi connectivity index (χ1) is 7.77. The Balaban J connectivity index is 2.52. The van der Waals surface area contributed by atoms with Crippen LogP contribution in [0.3, 0.4) is 0 Å². The Labute approximate surface area is 99.6 Å². The van der Waals surface area contributed by atoms with E-state index in [0.29, 0.717) is 12.4 Å². The number of aliphatic hydroxyl groups is 1. The number of carbonyl (C=O) groups is 1. The topological polar surface area (TPSA) is 61.4 Å². The van der Waals surface area contributed by atoms with Gasteiger partial charge in [-0.3, -0.25) is 0 Å². The van der Waals surface area contributed by atoms with Crippen LogP contribution in [-0.2, 0) is 0 Å². The lowest BCUT2D eigenvalue weighted by atomic mass is 10.1. The quantitative estimate of drug-likeness (QED) is 0.681. The fourth-order valence-electron chi connectivity index (χ4n) is 1.29. The molecule has 1 rings (SSSR count). The van der Waals surface area contributed by atoms with E-state index in [1.165, 1.54) is 0 Å². The zero-order valence-electron chi connectivity index (χ0n) is 8.82. The Kier molecular flexibility index (Phi) is 5.67. The standard InChI is InChI=1S/C11H15ClN2O2/c12-6-7-13-11(16)14-10(8-15)9-4-2-1-3-5-9/h1-5,10,15H,6-8H2,(H2,13,14,16). The van der Waals surface area contributed by atoms with E-state index in [0.717, 1.165) is 5.56 Å². The molecule has 5 heteroatoms. The number of amides is 2. The lowest BCUT2D eigenvalue weighted by Crippen LogP contribution is -2.39. The van der Waals surface area contributed by atoms with Crippen molar-refractivity contribution in [2.45, 2.75) is 6.04 Å². The first-order valence-electron chi connectivity index (χ1n) is 5.04. The molecule has 16 heavy (non-hydrogen) atoms. The zero-order valence-corrected chi connectivity index (χ0v) is 9.57. The summed E-state index contributed by atoms with van der Waals surface area (Å²) < 4.78 is 0. The van der Waals surface area contributed by atoms with Crippen molar-refractivity contribution in [3.63, 3.8) is 0 Å². The van der Waals surface area contributed by atoms with E-state index in [9.17, 15) is 9.90 Å². The molecule has 88 valence electrons. The van der Waals surface area contributed by atoms with Crippen LogP contribution < -0.4 is 10.6 Å². The van der Waals surface area contributed by atoms with Crippen molar-refractivity contribution in [1.82, 2.24) is 10.6 Å². The van der Waals surface area contributed by atoms with E-state index in [2.05, 4.69) is 10.6 Å². The molecule has 0 spiro atoms. The number of urea groups is 1. The summed E-state index contributed by atoms with van der Waals surface area (Å²) in [7, 11) is 0. The number of halogens is 1. The number of benzene rings is 1. The minimum Gasteiger partial charge on any atom is -0.394 e. The van der Waals surface area contributed by atoms with Crippen molar-refractivity contribution in [2.75, 3.05) is 19.0 Å². The van der Waals surface area contributed by atoms with Crippen LogP contribution in [0.5, 0.6) is 0 Å². The van der Waals surface area contributed by atoms with Crippen molar-refractivity contribution in [3.8, 4) is 0 Å². The summed E-state index contributed by atoms with van der Waals surface area (Å²) in [5.41, 5.74) is 0.867. The summed E-state index contributed by atoms with van der Waals surface area (Å²) in [5.74, 6) is 0.364. The molecular formula is C11H15ClN2O2. The number of aliphatic hydroxyl groups excluding tert-OH is 1. The monoisotopic (exact) mass is 242 g/mol. The molecule has 0 saturated heterocycles. The molecule has 3 N–H and O–H groups in total. The van der Waals surface area contributed by atoms with Gasteiger partial charge in [-0.15, -0.1) is 11.6 Å². The summed E-state index contributed by atoms with van der Waals surface area (Å²) >= 11 is 5.44. The van der Waals surface area contributed by atoms with Gasteiger partial charge in [0.1, 0.15) is 0 Å². The number of carbonyl (C=O) groups excluding carboxylic acids is 1. The molecule has 1 unspecified atom stereocenters. The molecular weight excluding hydrogens is 228 g/mol. The molecule has 0 aliphatic heterocycles. The van der Waals surface area contributed by atoms with Crippen LogP contribution in [-0.4, -0.2) is 30.2 Å². The predicted molar refractivity (Wildman–Crippen MR) is 63.5 cm³/mol. The van der Waals surface area contributed by atoms with Gasteiger partial charge in [-0.05, 0) is 5.56 Å². The van der Waals surface area contributed by atoms with Gasteiger partial charge >= 0.3 is 6.03 Å². The molecule has 1 aromatic carbocycles. The Hall–Kier alpha value is -1.26. The Morgan fingerprint density at radius 1 is 1.38 bits per heavy atom. The minimum absolute atomic E-state index is 0.141. The average Bonchev–Trinajstić information content (AvgIpc) is 2.34. The highest BCUT2D eigenvalue weighted by molar-refractivity contribution is 6.18. The fraction of sp³-hybridized carbons (Fsp3) is 0.364. The Morgan fingerprint density at radius 3 is 2.62 bits per heavy atom. The maximum atomic E-state index is 11.4. The van der Waals surface area contributed by atoms with E-state index >= 15 is 0 Å². The van der Waals surface area contributed by atoms with Gasteiger partial charge in [0.2, 0.25) is 0 Å². The van der Waals surface area contributed by atoms with Crippen LogP contribution in [0, 0.1) is 0 Å². The lowest BCUT2D eigenvalue weighted by Gasteiger charge is -2.16. The van der Waals surface area contributed by atoms with E-state index in [1.54, 1.807) is 0 Å². The largest absolute Gasteiger partial charge is 0.394 e. The molecule has 1 atom stereocenters. The van der Waals surface area contributed by atoms with Crippen molar-refractivity contribution >= 4 is 17.6 Å². The highest BCUT2D eigenvalue weighted by Gasteiger charge is 2.12. The maximum absolute atomic E-state index is 11.4.